The molecule has 4 rings (SSSR count). The summed E-state index contributed by atoms with van der Waals surface area (Å²) in [5.74, 6) is 1.03. The first kappa shape index (κ1) is 14.9. The predicted octanol–water partition coefficient (Wildman–Crippen LogP) is 2.92. The molecule has 3 unspecified atom stereocenters. The largest absolute Gasteiger partial charge is 0.310 e. The van der Waals surface area contributed by atoms with Gasteiger partial charge in [0, 0.05) is 18.3 Å². The first-order valence-electron chi connectivity index (χ1n) is 7.98. The molecule has 3 aliphatic rings. The van der Waals surface area contributed by atoms with E-state index < -0.39 is 0 Å². The molecule has 0 radical (unpaired) electrons. The second-order valence-corrected chi connectivity index (χ2v) is 6.47. The fraction of sp³-hybridized carbons (Fsp3) is 0.588. The van der Waals surface area contributed by atoms with Gasteiger partial charge >= 0.3 is 0 Å². The molecule has 2 fully saturated rings. The number of carbonyl (C=O) groups excluding carboxylic acids is 1. The van der Waals surface area contributed by atoms with Crippen molar-refractivity contribution in [2.45, 2.75) is 50.6 Å². The Bertz CT molecular complexity index is 519. The number of fused-ring (bicyclic) bond motifs is 2. The van der Waals surface area contributed by atoms with Crippen LogP contribution in [0.3, 0.4) is 0 Å². The molecular formula is C17H23ClN2O. The van der Waals surface area contributed by atoms with Gasteiger partial charge in [0.2, 0.25) is 5.91 Å². The van der Waals surface area contributed by atoms with Gasteiger partial charge in [0.25, 0.3) is 0 Å². The molecule has 2 aliphatic heterocycles. The Morgan fingerprint density at radius 2 is 2.00 bits per heavy atom. The second-order valence-electron chi connectivity index (χ2n) is 6.47. The first-order chi connectivity index (χ1) is 9.83. The lowest BCUT2D eigenvalue weighted by Gasteiger charge is -2.24. The fourth-order valence-electron chi connectivity index (χ4n) is 4.27. The van der Waals surface area contributed by atoms with Gasteiger partial charge in [-0.3, -0.25) is 4.79 Å². The van der Waals surface area contributed by atoms with E-state index in [9.17, 15) is 4.79 Å². The maximum atomic E-state index is 12.8. The second kappa shape index (κ2) is 5.98. The Morgan fingerprint density at radius 1 is 1.19 bits per heavy atom. The summed E-state index contributed by atoms with van der Waals surface area (Å²) in [4.78, 5) is 14.8. The van der Waals surface area contributed by atoms with E-state index in [1.807, 2.05) is 11.0 Å². The van der Waals surface area contributed by atoms with Crippen molar-refractivity contribution >= 4 is 24.0 Å². The zero-order valence-electron chi connectivity index (χ0n) is 12.3. The molecule has 1 N–H and O–H groups in total. The highest BCUT2D eigenvalue weighted by Gasteiger charge is 2.40. The van der Waals surface area contributed by atoms with Gasteiger partial charge in [-0.1, -0.05) is 31.0 Å². The number of amides is 1. The fourth-order valence-corrected chi connectivity index (χ4v) is 4.27. The van der Waals surface area contributed by atoms with Gasteiger partial charge in [-0.15, -0.1) is 12.4 Å². The third kappa shape index (κ3) is 2.58. The smallest absolute Gasteiger partial charge is 0.244 e. The summed E-state index contributed by atoms with van der Waals surface area (Å²) in [5, 5.41) is 3.61. The highest BCUT2D eigenvalue weighted by molar-refractivity contribution is 5.99. The van der Waals surface area contributed by atoms with Crippen molar-refractivity contribution in [1.82, 2.24) is 5.32 Å². The maximum Gasteiger partial charge on any atom is 0.244 e. The molecule has 0 bridgehead atoms. The molecule has 114 valence electrons. The van der Waals surface area contributed by atoms with Crippen molar-refractivity contribution < 1.29 is 4.79 Å². The third-order valence-electron chi connectivity index (χ3n) is 5.31. The SMILES string of the molecule is Cl.O=C(C1CC2CCCCC2N1)N1CCc2ccccc21. The molecule has 1 amide bonds. The minimum Gasteiger partial charge on any atom is -0.310 e. The highest BCUT2D eigenvalue weighted by atomic mass is 35.5. The van der Waals surface area contributed by atoms with Gasteiger partial charge in [-0.05, 0) is 43.2 Å². The number of hydrogen-bond donors (Lipinski definition) is 1. The van der Waals surface area contributed by atoms with E-state index in [0.29, 0.717) is 11.9 Å². The third-order valence-corrected chi connectivity index (χ3v) is 5.31. The molecule has 1 saturated heterocycles. The van der Waals surface area contributed by atoms with Gasteiger partial charge < -0.3 is 10.2 Å². The Labute approximate surface area is 132 Å². The molecular weight excluding hydrogens is 284 g/mol. The van der Waals surface area contributed by atoms with Crippen LogP contribution in [-0.2, 0) is 11.2 Å². The summed E-state index contributed by atoms with van der Waals surface area (Å²) in [6.45, 7) is 0.853. The topological polar surface area (TPSA) is 32.3 Å². The van der Waals surface area contributed by atoms with Crippen LogP contribution in [0.4, 0.5) is 5.69 Å². The van der Waals surface area contributed by atoms with Crippen LogP contribution in [0.15, 0.2) is 24.3 Å². The zero-order valence-corrected chi connectivity index (χ0v) is 13.1. The summed E-state index contributed by atoms with van der Waals surface area (Å²) in [7, 11) is 0. The van der Waals surface area contributed by atoms with Gasteiger partial charge in [-0.2, -0.15) is 0 Å². The number of halogens is 1. The summed E-state index contributed by atoms with van der Waals surface area (Å²) in [5.41, 5.74) is 2.45. The standard InChI is InChI=1S/C17H22N2O.ClH/c20-17(15-11-13-6-1-3-7-14(13)18-15)19-10-9-12-5-2-4-8-16(12)19;/h2,4-5,8,13-15,18H,1,3,6-7,9-11H2;1H. The summed E-state index contributed by atoms with van der Waals surface area (Å²) in [6, 6.07) is 8.97. The molecule has 0 spiro atoms. The quantitative estimate of drug-likeness (QED) is 0.865. The van der Waals surface area contributed by atoms with E-state index >= 15 is 0 Å². The summed E-state index contributed by atoms with van der Waals surface area (Å²) < 4.78 is 0. The Balaban J connectivity index is 0.00000132. The lowest BCUT2D eigenvalue weighted by Crippen LogP contribution is -2.45. The zero-order chi connectivity index (χ0) is 13.5. The van der Waals surface area contributed by atoms with Crippen LogP contribution in [0.2, 0.25) is 0 Å². The average molecular weight is 307 g/mol. The van der Waals surface area contributed by atoms with Gasteiger partial charge in [0.15, 0.2) is 0 Å². The Hall–Kier alpha value is -1.06. The Kier molecular flexibility index (Phi) is 4.23. The average Bonchev–Trinajstić information content (AvgIpc) is 3.10. The van der Waals surface area contributed by atoms with E-state index in [2.05, 4.69) is 23.5 Å². The normalized spacial score (nSPS) is 30.5. The first-order valence-corrected chi connectivity index (χ1v) is 7.98. The maximum absolute atomic E-state index is 12.8. The number of rotatable bonds is 1. The van der Waals surface area contributed by atoms with Crippen molar-refractivity contribution in [3.8, 4) is 0 Å². The molecule has 2 heterocycles. The van der Waals surface area contributed by atoms with Crippen molar-refractivity contribution in [1.29, 1.82) is 0 Å². The number of para-hydroxylation sites is 1. The van der Waals surface area contributed by atoms with Crippen molar-refractivity contribution in [2.75, 3.05) is 11.4 Å². The van der Waals surface area contributed by atoms with Crippen LogP contribution in [-0.4, -0.2) is 24.5 Å². The molecule has 1 aromatic rings. The van der Waals surface area contributed by atoms with Gasteiger partial charge in [-0.25, -0.2) is 0 Å². The van der Waals surface area contributed by atoms with E-state index in [1.54, 1.807) is 0 Å². The highest BCUT2D eigenvalue weighted by Crippen LogP contribution is 2.35. The molecule has 1 aliphatic carbocycles. The van der Waals surface area contributed by atoms with Crippen LogP contribution in [0, 0.1) is 5.92 Å². The van der Waals surface area contributed by atoms with Crippen LogP contribution >= 0.6 is 12.4 Å². The Morgan fingerprint density at radius 3 is 2.86 bits per heavy atom. The van der Waals surface area contributed by atoms with Gasteiger partial charge in [0.1, 0.15) is 0 Å². The lowest BCUT2D eigenvalue weighted by atomic mass is 9.85. The predicted molar refractivity (Wildman–Crippen MR) is 87.0 cm³/mol. The van der Waals surface area contributed by atoms with E-state index in [0.717, 1.165) is 31.0 Å². The number of carbonyl (C=O) groups is 1. The van der Waals surface area contributed by atoms with E-state index in [4.69, 9.17) is 0 Å². The lowest BCUT2D eigenvalue weighted by molar-refractivity contribution is -0.120. The minimum absolute atomic E-state index is 0. The molecule has 1 saturated carbocycles. The molecule has 0 aromatic heterocycles. The summed E-state index contributed by atoms with van der Waals surface area (Å²) in [6.07, 6.45) is 7.27. The van der Waals surface area contributed by atoms with Crippen LogP contribution in [0.25, 0.3) is 0 Å². The van der Waals surface area contributed by atoms with Gasteiger partial charge in [0.05, 0.1) is 6.04 Å². The van der Waals surface area contributed by atoms with Crippen LogP contribution in [0.5, 0.6) is 0 Å². The van der Waals surface area contributed by atoms with Crippen molar-refractivity contribution in [2.24, 2.45) is 5.92 Å². The molecule has 3 nitrogen and oxygen atoms in total. The van der Waals surface area contributed by atoms with Crippen LogP contribution in [0.1, 0.15) is 37.7 Å². The molecule has 21 heavy (non-hydrogen) atoms. The number of nitrogens with one attached hydrogen (secondary N) is 1. The van der Waals surface area contributed by atoms with Crippen molar-refractivity contribution in [3.05, 3.63) is 29.8 Å². The monoisotopic (exact) mass is 306 g/mol. The molecule has 4 heteroatoms. The number of anilines is 1. The summed E-state index contributed by atoms with van der Waals surface area (Å²) >= 11 is 0. The number of nitrogens with zero attached hydrogens (tertiary/aromatic N) is 1. The minimum atomic E-state index is 0. The van der Waals surface area contributed by atoms with Crippen molar-refractivity contribution in [3.63, 3.8) is 0 Å². The number of benzene rings is 1. The van der Waals surface area contributed by atoms with E-state index in [-0.39, 0.29) is 18.4 Å². The van der Waals surface area contributed by atoms with E-state index in [1.165, 1.54) is 31.2 Å². The van der Waals surface area contributed by atoms with Crippen LogP contribution < -0.4 is 10.2 Å². The molecule has 1 aromatic carbocycles. The number of hydrogen-bond acceptors (Lipinski definition) is 2. The molecule has 3 atom stereocenters.